The summed E-state index contributed by atoms with van der Waals surface area (Å²) in [5.41, 5.74) is 4.33. The van der Waals surface area contributed by atoms with E-state index < -0.39 is 0 Å². The van der Waals surface area contributed by atoms with Crippen molar-refractivity contribution in [1.29, 1.82) is 0 Å². The van der Waals surface area contributed by atoms with Gasteiger partial charge in [0.1, 0.15) is 6.61 Å². The molecule has 0 saturated carbocycles. The van der Waals surface area contributed by atoms with Crippen molar-refractivity contribution < 1.29 is 9.53 Å². The van der Waals surface area contributed by atoms with Crippen molar-refractivity contribution in [2.24, 2.45) is 0 Å². The maximum Gasteiger partial charge on any atom is 0.250 e. The Kier molecular flexibility index (Phi) is 6.99. The summed E-state index contributed by atoms with van der Waals surface area (Å²) in [6.45, 7) is -0.0511. The fraction of sp³-hybridized carbons (Fsp3) is 0.148. The minimum absolute atomic E-state index is 0.0511. The number of carbonyl (C=O) groups is 1. The number of hydrogen-bond acceptors (Lipinski definition) is 4. The molecule has 0 bridgehead atoms. The second kappa shape index (κ2) is 10.5. The fourth-order valence-electron chi connectivity index (χ4n) is 4.39. The second-order valence-corrected chi connectivity index (χ2v) is 9.12. The predicted molar refractivity (Wildman–Crippen MR) is 146 cm³/mol. The Morgan fingerprint density at radius 1 is 1.11 bits per heavy atom. The fourth-order valence-corrected chi connectivity index (χ4v) is 4.96. The molecule has 0 aliphatic carbocycles. The van der Waals surface area contributed by atoms with E-state index in [-0.39, 0.29) is 24.6 Å². The van der Waals surface area contributed by atoms with Crippen molar-refractivity contribution >= 4 is 46.2 Å². The molecule has 2 aromatic heterocycles. The molecular formula is C27H24ClN5O2S. The number of pyridine rings is 1. The summed E-state index contributed by atoms with van der Waals surface area (Å²) in [6, 6.07) is 23.2. The minimum Gasteiger partial charge on any atom is -0.375 e. The third-order valence-electron chi connectivity index (χ3n) is 5.99. The van der Waals surface area contributed by atoms with E-state index in [1.165, 1.54) is 7.11 Å². The van der Waals surface area contributed by atoms with Gasteiger partial charge in [-0.15, -0.1) is 0 Å². The van der Waals surface area contributed by atoms with Gasteiger partial charge in [0, 0.05) is 37.1 Å². The zero-order valence-electron chi connectivity index (χ0n) is 19.5. The normalized spacial score (nSPS) is 17.2. The van der Waals surface area contributed by atoms with Gasteiger partial charge >= 0.3 is 0 Å². The average Bonchev–Trinajstić information content (AvgIpc) is 3.51. The molecule has 1 fully saturated rings. The third-order valence-corrected chi connectivity index (χ3v) is 6.62. The zero-order chi connectivity index (χ0) is 25.1. The van der Waals surface area contributed by atoms with Crippen molar-refractivity contribution in [3.8, 4) is 5.69 Å². The SMILES string of the molecule is COCC(=O)Nc1ccc(N2C(=S)NC(c3ccccn3)C2c2ccn(-c3ccccc3)c2)cc1Cl. The highest BCUT2D eigenvalue weighted by Crippen LogP contribution is 2.43. The minimum atomic E-state index is -0.277. The molecule has 3 heterocycles. The van der Waals surface area contributed by atoms with Gasteiger partial charge in [-0.1, -0.05) is 35.9 Å². The van der Waals surface area contributed by atoms with Crippen LogP contribution in [-0.2, 0) is 9.53 Å². The number of hydrogen-bond donors (Lipinski definition) is 2. The molecule has 1 aliphatic rings. The number of thiocarbonyl (C=S) groups is 1. The zero-order valence-corrected chi connectivity index (χ0v) is 21.0. The van der Waals surface area contributed by atoms with Gasteiger partial charge in [0.15, 0.2) is 5.11 Å². The van der Waals surface area contributed by atoms with E-state index in [1.807, 2.05) is 53.6 Å². The summed E-state index contributed by atoms with van der Waals surface area (Å²) < 4.78 is 6.98. The highest BCUT2D eigenvalue weighted by atomic mass is 35.5. The van der Waals surface area contributed by atoms with Crippen LogP contribution in [0.2, 0.25) is 5.02 Å². The Balaban J connectivity index is 1.53. The van der Waals surface area contributed by atoms with Crippen LogP contribution < -0.4 is 15.5 Å². The molecule has 4 aromatic rings. The number of ether oxygens (including phenoxy) is 1. The lowest BCUT2D eigenvalue weighted by molar-refractivity contribution is -0.119. The molecule has 0 radical (unpaired) electrons. The molecule has 1 amide bonds. The van der Waals surface area contributed by atoms with Crippen LogP contribution in [0.3, 0.4) is 0 Å². The van der Waals surface area contributed by atoms with Gasteiger partial charge in [-0.05, 0) is 66.3 Å². The summed E-state index contributed by atoms with van der Waals surface area (Å²) in [6.07, 6.45) is 5.93. The number of nitrogens with one attached hydrogen (secondary N) is 2. The maximum absolute atomic E-state index is 12.0. The number of aromatic nitrogens is 2. The first kappa shape index (κ1) is 24.0. The van der Waals surface area contributed by atoms with Crippen LogP contribution in [0.25, 0.3) is 5.69 Å². The molecule has 1 saturated heterocycles. The molecule has 9 heteroatoms. The van der Waals surface area contributed by atoms with Crippen molar-refractivity contribution in [3.63, 3.8) is 0 Å². The van der Waals surface area contributed by atoms with Crippen molar-refractivity contribution in [2.45, 2.75) is 12.1 Å². The van der Waals surface area contributed by atoms with Crippen LogP contribution in [0, 0.1) is 0 Å². The highest BCUT2D eigenvalue weighted by Gasteiger charge is 2.41. The van der Waals surface area contributed by atoms with Gasteiger partial charge in [0.2, 0.25) is 5.91 Å². The van der Waals surface area contributed by atoms with Gasteiger partial charge in [0.25, 0.3) is 0 Å². The monoisotopic (exact) mass is 517 g/mol. The summed E-state index contributed by atoms with van der Waals surface area (Å²) in [5, 5.41) is 7.19. The summed E-state index contributed by atoms with van der Waals surface area (Å²) in [7, 11) is 1.47. The molecule has 2 unspecified atom stereocenters. The molecule has 2 atom stereocenters. The molecule has 182 valence electrons. The highest BCUT2D eigenvalue weighted by molar-refractivity contribution is 7.80. The molecule has 7 nitrogen and oxygen atoms in total. The lowest BCUT2D eigenvalue weighted by Gasteiger charge is -2.27. The maximum atomic E-state index is 12.0. The van der Waals surface area contributed by atoms with Gasteiger partial charge in [-0.2, -0.15) is 0 Å². The predicted octanol–water partition coefficient (Wildman–Crippen LogP) is 5.29. The first-order chi connectivity index (χ1) is 17.5. The Bertz CT molecular complexity index is 1380. The largest absolute Gasteiger partial charge is 0.375 e. The average molecular weight is 518 g/mol. The van der Waals surface area contributed by atoms with Gasteiger partial charge in [-0.3, -0.25) is 9.78 Å². The summed E-state index contributed by atoms with van der Waals surface area (Å²) in [4.78, 5) is 18.6. The Morgan fingerprint density at radius 3 is 2.64 bits per heavy atom. The molecule has 0 spiro atoms. The first-order valence-corrected chi connectivity index (χ1v) is 12.2. The second-order valence-electron chi connectivity index (χ2n) is 8.33. The van der Waals surface area contributed by atoms with Gasteiger partial charge in [0.05, 0.1) is 28.5 Å². The molecular weight excluding hydrogens is 494 g/mol. The molecule has 2 aromatic carbocycles. The van der Waals surface area contributed by atoms with Crippen LogP contribution in [0.1, 0.15) is 23.3 Å². The van der Waals surface area contributed by atoms with Crippen molar-refractivity contribution in [2.75, 3.05) is 23.9 Å². The van der Waals surface area contributed by atoms with Gasteiger partial charge in [-0.25, -0.2) is 0 Å². The van der Waals surface area contributed by atoms with Crippen LogP contribution in [0.4, 0.5) is 11.4 Å². The van der Waals surface area contributed by atoms with Crippen LogP contribution >= 0.6 is 23.8 Å². The van der Waals surface area contributed by atoms with Crippen molar-refractivity contribution in [3.05, 3.63) is 108 Å². The van der Waals surface area contributed by atoms with Crippen LogP contribution in [0.5, 0.6) is 0 Å². The summed E-state index contributed by atoms with van der Waals surface area (Å²) >= 11 is 12.4. The number of amides is 1. The Hall–Kier alpha value is -3.72. The van der Waals surface area contributed by atoms with Crippen molar-refractivity contribution in [1.82, 2.24) is 14.9 Å². The third kappa shape index (κ3) is 4.83. The smallest absolute Gasteiger partial charge is 0.250 e. The van der Waals surface area contributed by atoms with E-state index in [0.717, 1.165) is 22.6 Å². The number of anilines is 2. The number of rotatable bonds is 7. The van der Waals surface area contributed by atoms with E-state index in [2.05, 4.69) is 44.6 Å². The number of methoxy groups -OCH3 is 1. The number of nitrogens with zero attached hydrogens (tertiary/aromatic N) is 3. The number of para-hydroxylation sites is 1. The number of carbonyl (C=O) groups excluding carboxylic acids is 1. The lowest BCUT2D eigenvalue weighted by atomic mass is 9.98. The van der Waals surface area contributed by atoms with E-state index >= 15 is 0 Å². The molecule has 2 N–H and O–H groups in total. The Morgan fingerprint density at radius 2 is 1.92 bits per heavy atom. The van der Waals surface area contributed by atoms with E-state index in [0.29, 0.717) is 15.8 Å². The number of benzene rings is 2. The van der Waals surface area contributed by atoms with Crippen LogP contribution in [0.15, 0.2) is 91.4 Å². The Labute approximate surface area is 219 Å². The van der Waals surface area contributed by atoms with E-state index in [1.54, 1.807) is 18.3 Å². The quantitative estimate of drug-likeness (QED) is 0.325. The topological polar surface area (TPSA) is 71.4 Å². The summed E-state index contributed by atoms with van der Waals surface area (Å²) in [5.74, 6) is -0.277. The first-order valence-electron chi connectivity index (χ1n) is 11.4. The molecule has 1 aliphatic heterocycles. The van der Waals surface area contributed by atoms with E-state index in [4.69, 9.17) is 28.6 Å². The molecule has 36 heavy (non-hydrogen) atoms. The van der Waals surface area contributed by atoms with E-state index in [9.17, 15) is 4.79 Å². The number of halogens is 1. The lowest BCUT2D eigenvalue weighted by Crippen LogP contribution is -2.29. The van der Waals surface area contributed by atoms with Gasteiger partial charge < -0.3 is 24.8 Å². The standard InChI is InChI=1S/C27H24ClN5O2S/c1-35-17-24(34)30-22-11-10-20(15-21(22)28)33-26(25(31-27(33)36)23-9-5-6-13-29-23)18-12-14-32(16-18)19-7-3-2-4-8-19/h2-16,25-26H,17H2,1H3,(H,30,34)(H,31,36). The molecule has 5 rings (SSSR count). The van der Waals surface area contributed by atoms with Crippen LogP contribution in [-0.4, -0.2) is 34.3 Å².